The zero-order valence-electron chi connectivity index (χ0n) is 20.1. The van der Waals surface area contributed by atoms with Gasteiger partial charge in [-0.3, -0.25) is 0 Å². The van der Waals surface area contributed by atoms with Crippen molar-refractivity contribution in [1.29, 1.82) is 0 Å². The van der Waals surface area contributed by atoms with E-state index in [0.717, 1.165) is 61.7 Å². The maximum atomic E-state index is 11.5. The average molecular weight is 466 g/mol. The molecule has 1 atom stereocenters. The molecule has 0 amide bonds. The SMILES string of the molecule is CCCC[Si](C)(C)OC(CCCCCCCC=CCCC=Cc1csc(C)n1)C(=O)O. The van der Waals surface area contributed by atoms with Gasteiger partial charge in [-0.25, -0.2) is 9.78 Å². The van der Waals surface area contributed by atoms with Crippen molar-refractivity contribution in [2.45, 2.75) is 110 Å². The van der Waals surface area contributed by atoms with Gasteiger partial charge in [-0.05, 0) is 64.2 Å². The van der Waals surface area contributed by atoms with Gasteiger partial charge in [0, 0.05) is 5.38 Å². The minimum absolute atomic E-state index is 0.616. The number of thiazole rings is 1. The van der Waals surface area contributed by atoms with Crippen molar-refractivity contribution in [1.82, 2.24) is 4.98 Å². The highest BCUT2D eigenvalue weighted by Gasteiger charge is 2.29. The fraction of sp³-hybridized carbons (Fsp3) is 0.680. The molecule has 0 aliphatic heterocycles. The first-order chi connectivity index (χ1) is 14.8. The molecule has 0 aliphatic rings. The highest BCUT2D eigenvalue weighted by atomic mass is 32.1. The lowest BCUT2D eigenvalue weighted by molar-refractivity contribution is -0.145. The molecule has 0 radical (unpaired) electrons. The van der Waals surface area contributed by atoms with Crippen LogP contribution in [0.3, 0.4) is 0 Å². The highest BCUT2D eigenvalue weighted by Crippen LogP contribution is 2.20. The van der Waals surface area contributed by atoms with Crippen LogP contribution in [-0.4, -0.2) is 30.5 Å². The standard InChI is InChI=1S/C25H43NO3SSi/c1-5-6-20-31(3,4)29-24(25(27)28)19-17-15-13-11-9-7-8-10-12-14-16-18-23-21-30-22(2)26-23/h8,10,16,18,21,24H,5-7,9,11-15,17,19-20H2,1-4H3,(H,27,28). The van der Waals surface area contributed by atoms with E-state index in [4.69, 9.17) is 4.43 Å². The number of carboxylic acid groups (broad SMARTS) is 1. The number of aryl methyl sites for hydroxylation is 1. The van der Waals surface area contributed by atoms with Gasteiger partial charge >= 0.3 is 5.97 Å². The number of unbranched alkanes of at least 4 members (excludes halogenated alkanes) is 7. The van der Waals surface area contributed by atoms with Crippen LogP contribution < -0.4 is 0 Å². The topological polar surface area (TPSA) is 59.4 Å². The number of hydrogen-bond acceptors (Lipinski definition) is 4. The molecular formula is C25H43NO3SSi. The zero-order valence-corrected chi connectivity index (χ0v) is 21.9. The molecule has 4 nitrogen and oxygen atoms in total. The summed E-state index contributed by atoms with van der Waals surface area (Å²) in [4.78, 5) is 16.0. The third-order valence-electron chi connectivity index (χ3n) is 5.30. The quantitative estimate of drug-likeness (QED) is 0.135. The van der Waals surface area contributed by atoms with Crippen molar-refractivity contribution in [2.24, 2.45) is 0 Å². The van der Waals surface area contributed by atoms with E-state index in [0.29, 0.717) is 6.42 Å². The van der Waals surface area contributed by atoms with Crippen molar-refractivity contribution in [3.8, 4) is 0 Å². The van der Waals surface area contributed by atoms with Gasteiger partial charge in [-0.2, -0.15) is 0 Å². The fourth-order valence-corrected chi connectivity index (χ4v) is 6.38. The van der Waals surface area contributed by atoms with Crippen LogP contribution in [0.25, 0.3) is 6.08 Å². The molecular weight excluding hydrogens is 422 g/mol. The van der Waals surface area contributed by atoms with Crippen LogP contribution in [0.2, 0.25) is 19.1 Å². The highest BCUT2D eigenvalue weighted by molar-refractivity contribution is 7.09. The normalized spacial score (nSPS) is 13.4. The molecule has 1 aromatic rings. The van der Waals surface area contributed by atoms with Crippen LogP contribution in [-0.2, 0) is 9.22 Å². The summed E-state index contributed by atoms with van der Waals surface area (Å²) in [6.07, 6.45) is 20.0. The summed E-state index contributed by atoms with van der Waals surface area (Å²) in [6.45, 7) is 8.48. The largest absolute Gasteiger partial charge is 0.479 e. The van der Waals surface area contributed by atoms with Crippen molar-refractivity contribution in [2.75, 3.05) is 0 Å². The van der Waals surface area contributed by atoms with Gasteiger partial charge in [0.2, 0.25) is 0 Å². The summed E-state index contributed by atoms with van der Waals surface area (Å²) in [7, 11) is -1.86. The predicted molar refractivity (Wildman–Crippen MR) is 136 cm³/mol. The van der Waals surface area contributed by atoms with E-state index in [2.05, 4.69) is 54.7 Å². The minimum Gasteiger partial charge on any atom is -0.479 e. The van der Waals surface area contributed by atoms with E-state index in [1.807, 2.05) is 6.92 Å². The third-order valence-corrected chi connectivity index (χ3v) is 8.57. The first kappa shape index (κ1) is 27.8. The number of aromatic nitrogens is 1. The molecule has 0 bridgehead atoms. The lowest BCUT2D eigenvalue weighted by atomic mass is 10.1. The van der Waals surface area contributed by atoms with Gasteiger partial charge in [0.05, 0.1) is 10.7 Å². The maximum Gasteiger partial charge on any atom is 0.331 e. The molecule has 0 saturated carbocycles. The van der Waals surface area contributed by atoms with Crippen LogP contribution in [0, 0.1) is 6.92 Å². The molecule has 0 aromatic carbocycles. The van der Waals surface area contributed by atoms with Crippen LogP contribution >= 0.6 is 11.3 Å². The molecule has 31 heavy (non-hydrogen) atoms. The Morgan fingerprint density at radius 1 is 1.10 bits per heavy atom. The van der Waals surface area contributed by atoms with E-state index in [1.54, 1.807) is 11.3 Å². The van der Waals surface area contributed by atoms with E-state index in [9.17, 15) is 9.90 Å². The van der Waals surface area contributed by atoms with Gasteiger partial charge in [0.25, 0.3) is 0 Å². The summed E-state index contributed by atoms with van der Waals surface area (Å²) in [5.74, 6) is -0.793. The molecule has 1 heterocycles. The molecule has 1 N–H and O–H groups in total. The Morgan fingerprint density at radius 2 is 1.77 bits per heavy atom. The Balaban J connectivity index is 2.04. The van der Waals surface area contributed by atoms with Crippen molar-refractivity contribution in [3.63, 3.8) is 0 Å². The third kappa shape index (κ3) is 14.4. The Bertz CT molecular complexity index is 669. The maximum absolute atomic E-state index is 11.5. The second-order valence-electron chi connectivity index (χ2n) is 8.90. The van der Waals surface area contributed by atoms with E-state index in [-0.39, 0.29) is 0 Å². The van der Waals surface area contributed by atoms with Gasteiger partial charge in [0.15, 0.2) is 8.32 Å². The van der Waals surface area contributed by atoms with Gasteiger partial charge in [-0.15, -0.1) is 11.3 Å². The Kier molecular flexibility index (Phi) is 14.7. The predicted octanol–water partition coefficient (Wildman–Crippen LogP) is 8.01. The molecule has 0 fully saturated rings. The second kappa shape index (κ2) is 16.4. The molecule has 6 heteroatoms. The van der Waals surface area contributed by atoms with E-state index < -0.39 is 20.4 Å². The van der Waals surface area contributed by atoms with Crippen LogP contribution in [0.5, 0.6) is 0 Å². The summed E-state index contributed by atoms with van der Waals surface area (Å²) >= 11 is 1.69. The summed E-state index contributed by atoms with van der Waals surface area (Å²) in [5, 5.41) is 12.7. The summed E-state index contributed by atoms with van der Waals surface area (Å²) in [6, 6.07) is 1.04. The Hall–Kier alpha value is -1.24. The number of nitrogens with zero attached hydrogens (tertiary/aromatic N) is 1. The summed E-state index contributed by atoms with van der Waals surface area (Å²) in [5.41, 5.74) is 1.06. The van der Waals surface area contributed by atoms with E-state index >= 15 is 0 Å². The van der Waals surface area contributed by atoms with Crippen LogP contribution in [0.4, 0.5) is 0 Å². The van der Waals surface area contributed by atoms with Crippen LogP contribution in [0.15, 0.2) is 23.6 Å². The monoisotopic (exact) mass is 465 g/mol. The number of carbonyl (C=O) groups is 1. The fourth-order valence-electron chi connectivity index (χ4n) is 3.49. The minimum atomic E-state index is -1.86. The molecule has 0 aliphatic carbocycles. The lowest BCUT2D eigenvalue weighted by Crippen LogP contribution is -2.39. The zero-order chi connectivity index (χ0) is 23.0. The number of carboxylic acids is 1. The number of aliphatic carboxylic acids is 1. The molecule has 1 rings (SSSR count). The molecule has 1 unspecified atom stereocenters. The number of hydrogen-bond donors (Lipinski definition) is 1. The van der Waals surface area contributed by atoms with Crippen molar-refractivity contribution in [3.05, 3.63) is 34.3 Å². The van der Waals surface area contributed by atoms with Gasteiger partial charge in [-0.1, -0.05) is 63.7 Å². The average Bonchev–Trinajstić information content (AvgIpc) is 3.13. The van der Waals surface area contributed by atoms with Gasteiger partial charge < -0.3 is 9.53 Å². The lowest BCUT2D eigenvalue weighted by Gasteiger charge is -2.27. The van der Waals surface area contributed by atoms with Crippen molar-refractivity contribution < 1.29 is 14.3 Å². The summed E-state index contributed by atoms with van der Waals surface area (Å²) < 4.78 is 6.05. The van der Waals surface area contributed by atoms with Crippen molar-refractivity contribution >= 4 is 31.7 Å². The Labute approximate surface area is 195 Å². The molecule has 0 saturated heterocycles. The van der Waals surface area contributed by atoms with E-state index in [1.165, 1.54) is 19.3 Å². The first-order valence-corrected chi connectivity index (χ1v) is 16.0. The smallest absolute Gasteiger partial charge is 0.331 e. The second-order valence-corrected chi connectivity index (χ2v) is 14.2. The molecule has 1 aromatic heterocycles. The first-order valence-electron chi connectivity index (χ1n) is 12.0. The molecule has 0 spiro atoms. The number of allylic oxidation sites excluding steroid dienone is 3. The van der Waals surface area contributed by atoms with Gasteiger partial charge in [0.1, 0.15) is 6.10 Å². The Morgan fingerprint density at radius 3 is 2.45 bits per heavy atom. The van der Waals surface area contributed by atoms with Crippen LogP contribution in [0.1, 0.15) is 88.3 Å². The number of rotatable bonds is 18. The molecule has 176 valence electrons.